The minimum atomic E-state index is -0.201. The number of rotatable bonds is 5. The van der Waals surface area contributed by atoms with E-state index < -0.39 is 0 Å². The van der Waals surface area contributed by atoms with Crippen molar-refractivity contribution in [1.82, 2.24) is 9.97 Å². The second kappa shape index (κ2) is 6.36. The average Bonchev–Trinajstić information content (AvgIpc) is 2.38. The van der Waals surface area contributed by atoms with Crippen LogP contribution in [0.25, 0.3) is 0 Å². The number of nitrogens with zero attached hydrogens (tertiary/aromatic N) is 1. The molecule has 0 bridgehead atoms. The second-order valence-corrected chi connectivity index (χ2v) is 4.40. The Morgan fingerprint density at radius 3 is 2.74 bits per heavy atom. The molecule has 100 valence electrons. The van der Waals surface area contributed by atoms with Gasteiger partial charge in [0, 0.05) is 23.2 Å². The summed E-state index contributed by atoms with van der Waals surface area (Å²) in [6, 6.07) is 8.42. The number of nitrogens with two attached hydrogens (primary N) is 1. The number of aromatic nitrogens is 2. The molecule has 3 N–H and O–H groups in total. The van der Waals surface area contributed by atoms with Gasteiger partial charge in [0.25, 0.3) is 5.56 Å². The molecule has 0 spiro atoms. The number of halogens is 1. The first-order valence-corrected chi connectivity index (χ1v) is 6.23. The summed E-state index contributed by atoms with van der Waals surface area (Å²) in [5.74, 6) is 1.14. The van der Waals surface area contributed by atoms with Gasteiger partial charge in [0.2, 0.25) is 0 Å². The summed E-state index contributed by atoms with van der Waals surface area (Å²) in [6.07, 6.45) is 0.567. The van der Waals surface area contributed by atoms with Gasteiger partial charge in [0.15, 0.2) is 0 Å². The molecule has 0 atom stereocenters. The molecule has 0 saturated heterocycles. The van der Waals surface area contributed by atoms with Gasteiger partial charge in [-0.1, -0.05) is 11.6 Å². The topological polar surface area (TPSA) is 81.0 Å². The van der Waals surface area contributed by atoms with Crippen LogP contribution in [-0.2, 0) is 13.0 Å². The van der Waals surface area contributed by atoms with Crippen LogP contribution in [0.1, 0.15) is 11.5 Å². The number of ether oxygens (including phenoxy) is 1. The maximum atomic E-state index is 11.4. The molecular formula is C13H14ClN3O2. The SMILES string of the molecule is NCCc1cc(=O)[nH]c(COc2ccc(Cl)cc2)n1. The smallest absolute Gasteiger partial charge is 0.251 e. The normalized spacial score (nSPS) is 10.4. The Morgan fingerprint density at radius 2 is 2.05 bits per heavy atom. The van der Waals surface area contributed by atoms with Crippen LogP contribution in [0, 0.1) is 0 Å². The van der Waals surface area contributed by atoms with Crippen LogP contribution >= 0.6 is 11.6 Å². The van der Waals surface area contributed by atoms with Crippen LogP contribution in [0.3, 0.4) is 0 Å². The van der Waals surface area contributed by atoms with Gasteiger partial charge in [-0.3, -0.25) is 4.79 Å². The van der Waals surface area contributed by atoms with Crippen molar-refractivity contribution in [3.05, 3.63) is 57.2 Å². The first-order valence-electron chi connectivity index (χ1n) is 5.85. The van der Waals surface area contributed by atoms with Gasteiger partial charge in [0.05, 0.1) is 0 Å². The predicted molar refractivity (Wildman–Crippen MR) is 73.4 cm³/mol. The summed E-state index contributed by atoms with van der Waals surface area (Å²) in [7, 11) is 0. The highest BCUT2D eigenvalue weighted by molar-refractivity contribution is 6.30. The lowest BCUT2D eigenvalue weighted by molar-refractivity contribution is 0.295. The molecule has 0 aliphatic heterocycles. The summed E-state index contributed by atoms with van der Waals surface area (Å²) < 4.78 is 5.51. The number of hydrogen-bond acceptors (Lipinski definition) is 4. The van der Waals surface area contributed by atoms with Crippen molar-refractivity contribution in [2.45, 2.75) is 13.0 Å². The standard InChI is InChI=1S/C13H14ClN3O2/c14-9-1-3-11(4-2-9)19-8-12-16-10(5-6-15)7-13(18)17-12/h1-4,7H,5-6,8,15H2,(H,16,17,18). The molecule has 6 heteroatoms. The van der Waals surface area contributed by atoms with Crippen molar-refractivity contribution in [3.8, 4) is 5.75 Å². The molecule has 1 heterocycles. The molecule has 0 unspecified atom stereocenters. The summed E-state index contributed by atoms with van der Waals surface area (Å²) in [5.41, 5.74) is 5.91. The Kier molecular flexibility index (Phi) is 4.54. The molecule has 1 aromatic carbocycles. The minimum absolute atomic E-state index is 0.190. The zero-order chi connectivity index (χ0) is 13.7. The molecule has 5 nitrogen and oxygen atoms in total. The van der Waals surface area contributed by atoms with Crippen molar-refractivity contribution in [2.75, 3.05) is 6.54 Å². The molecule has 0 aliphatic carbocycles. The number of nitrogens with one attached hydrogen (secondary N) is 1. The van der Waals surface area contributed by atoms with E-state index in [9.17, 15) is 4.79 Å². The summed E-state index contributed by atoms with van der Waals surface area (Å²) in [4.78, 5) is 18.3. The van der Waals surface area contributed by atoms with E-state index in [0.717, 1.165) is 0 Å². The molecule has 0 amide bonds. The van der Waals surface area contributed by atoms with E-state index in [1.165, 1.54) is 6.07 Å². The molecule has 2 aromatic rings. The third-order valence-electron chi connectivity index (χ3n) is 2.43. The highest BCUT2D eigenvalue weighted by Gasteiger charge is 2.02. The highest BCUT2D eigenvalue weighted by Crippen LogP contribution is 2.16. The van der Waals surface area contributed by atoms with Crippen molar-refractivity contribution < 1.29 is 4.74 Å². The Bertz CT molecular complexity index is 596. The monoisotopic (exact) mass is 279 g/mol. The minimum Gasteiger partial charge on any atom is -0.486 e. The first-order chi connectivity index (χ1) is 9.17. The first kappa shape index (κ1) is 13.6. The number of aromatic amines is 1. The Morgan fingerprint density at radius 1 is 1.32 bits per heavy atom. The van der Waals surface area contributed by atoms with Gasteiger partial charge in [-0.15, -0.1) is 0 Å². The molecule has 0 radical (unpaired) electrons. The zero-order valence-corrected chi connectivity index (χ0v) is 11.0. The van der Waals surface area contributed by atoms with Gasteiger partial charge in [-0.2, -0.15) is 0 Å². The molecule has 1 aromatic heterocycles. The lowest BCUT2D eigenvalue weighted by atomic mass is 10.3. The van der Waals surface area contributed by atoms with Crippen LogP contribution in [0.15, 0.2) is 35.1 Å². The number of benzene rings is 1. The number of H-pyrrole nitrogens is 1. The van der Waals surface area contributed by atoms with Gasteiger partial charge >= 0.3 is 0 Å². The molecule has 19 heavy (non-hydrogen) atoms. The molecule has 0 saturated carbocycles. The van der Waals surface area contributed by atoms with Crippen molar-refractivity contribution in [2.24, 2.45) is 5.73 Å². The molecule has 2 rings (SSSR count). The van der Waals surface area contributed by atoms with E-state index in [4.69, 9.17) is 22.1 Å². The van der Waals surface area contributed by atoms with Crippen LogP contribution in [0.4, 0.5) is 0 Å². The van der Waals surface area contributed by atoms with E-state index in [1.807, 2.05) is 0 Å². The maximum absolute atomic E-state index is 11.4. The highest BCUT2D eigenvalue weighted by atomic mass is 35.5. The lowest BCUT2D eigenvalue weighted by Crippen LogP contribution is -2.16. The second-order valence-electron chi connectivity index (χ2n) is 3.96. The van der Waals surface area contributed by atoms with Gasteiger partial charge in [-0.05, 0) is 30.8 Å². The van der Waals surface area contributed by atoms with Crippen molar-refractivity contribution in [3.63, 3.8) is 0 Å². The number of hydrogen-bond donors (Lipinski definition) is 2. The quantitative estimate of drug-likeness (QED) is 0.869. The molecule has 0 fully saturated rings. The summed E-state index contributed by atoms with van der Waals surface area (Å²) in [5, 5.41) is 0.642. The van der Waals surface area contributed by atoms with Crippen LogP contribution in [0.2, 0.25) is 5.02 Å². The van der Waals surface area contributed by atoms with Crippen molar-refractivity contribution >= 4 is 11.6 Å². The Labute approximate surface area is 115 Å². The Hall–Kier alpha value is -1.85. The summed E-state index contributed by atoms with van der Waals surface area (Å²) in [6.45, 7) is 0.642. The fraction of sp³-hybridized carbons (Fsp3) is 0.231. The fourth-order valence-corrected chi connectivity index (χ4v) is 1.72. The average molecular weight is 280 g/mol. The Balaban J connectivity index is 2.06. The third-order valence-corrected chi connectivity index (χ3v) is 2.69. The van der Waals surface area contributed by atoms with Gasteiger partial charge in [-0.25, -0.2) is 4.98 Å². The van der Waals surface area contributed by atoms with Crippen LogP contribution < -0.4 is 16.0 Å². The molecule has 0 aliphatic rings. The van der Waals surface area contributed by atoms with E-state index >= 15 is 0 Å². The lowest BCUT2D eigenvalue weighted by Gasteiger charge is -2.06. The maximum Gasteiger partial charge on any atom is 0.251 e. The van der Waals surface area contributed by atoms with E-state index in [0.29, 0.717) is 35.3 Å². The zero-order valence-electron chi connectivity index (χ0n) is 10.2. The molecular weight excluding hydrogens is 266 g/mol. The fourth-order valence-electron chi connectivity index (χ4n) is 1.59. The van der Waals surface area contributed by atoms with Crippen molar-refractivity contribution in [1.29, 1.82) is 0 Å². The van der Waals surface area contributed by atoms with E-state index in [1.54, 1.807) is 24.3 Å². The van der Waals surface area contributed by atoms with Crippen LogP contribution in [0.5, 0.6) is 5.75 Å². The van der Waals surface area contributed by atoms with E-state index in [-0.39, 0.29) is 12.2 Å². The largest absolute Gasteiger partial charge is 0.486 e. The van der Waals surface area contributed by atoms with Gasteiger partial charge in [0.1, 0.15) is 18.2 Å². The van der Waals surface area contributed by atoms with Crippen LogP contribution in [-0.4, -0.2) is 16.5 Å². The third kappa shape index (κ3) is 4.08. The summed E-state index contributed by atoms with van der Waals surface area (Å²) >= 11 is 5.78. The van der Waals surface area contributed by atoms with E-state index in [2.05, 4.69) is 9.97 Å². The predicted octanol–water partition coefficient (Wildman–Crippen LogP) is 1.50. The van der Waals surface area contributed by atoms with Gasteiger partial charge < -0.3 is 15.5 Å².